The minimum atomic E-state index is -0.327. The first-order valence-electron chi connectivity index (χ1n) is 10.2. The summed E-state index contributed by atoms with van der Waals surface area (Å²) in [6.07, 6.45) is 3.56. The molecule has 2 aliphatic rings. The van der Waals surface area contributed by atoms with Crippen LogP contribution in [-0.2, 0) is 0 Å². The Morgan fingerprint density at radius 3 is 2.52 bits per heavy atom. The lowest BCUT2D eigenvalue weighted by molar-refractivity contribution is 0.111. The minimum Gasteiger partial charge on any atom is -0.493 e. The molecule has 0 amide bonds. The van der Waals surface area contributed by atoms with Gasteiger partial charge in [-0.2, -0.15) is 4.98 Å². The molecule has 2 heterocycles. The summed E-state index contributed by atoms with van der Waals surface area (Å²) in [7, 11) is 4.70. The quantitative estimate of drug-likeness (QED) is 0.723. The van der Waals surface area contributed by atoms with Crippen molar-refractivity contribution in [1.29, 1.82) is 0 Å². The van der Waals surface area contributed by atoms with Crippen LogP contribution in [0.3, 0.4) is 0 Å². The van der Waals surface area contributed by atoms with E-state index in [9.17, 15) is 5.11 Å². The average Bonchev–Trinajstić information content (AvgIpc) is 2.78. The van der Waals surface area contributed by atoms with Crippen LogP contribution in [0.1, 0.15) is 48.8 Å². The van der Waals surface area contributed by atoms with E-state index in [0.29, 0.717) is 36.0 Å². The predicted octanol–water partition coefficient (Wildman–Crippen LogP) is 3.17. The van der Waals surface area contributed by atoms with E-state index in [-0.39, 0.29) is 36.5 Å². The molecule has 1 fully saturated rings. The van der Waals surface area contributed by atoms with Gasteiger partial charge in [-0.05, 0) is 43.9 Å². The molecular formula is C22H28ClN3O5. The van der Waals surface area contributed by atoms with Gasteiger partial charge in [0.15, 0.2) is 11.5 Å². The highest BCUT2D eigenvalue weighted by Gasteiger charge is 2.38. The third-order valence-electron chi connectivity index (χ3n) is 5.73. The Morgan fingerprint density at radius 2 is 1.84 bits per heavy atom. The summed E-state index contributed by atoms with van der Waals surface area (Å²) < 4.78 is 22.1. The molecular weight excluding hydrogens is 422 g/mol. The molecule has 168 valence electrons. The van der Waals surface area contributed by atoms with E-state index >= 15 is 0 Å². The molecule has 1 aromatic heterocycles. The van der Waals surface area contributed by atoms with Crippen molar-refractivity contribution in [3.05, 3.63) is 35.0 Å². The van der Waals surface area contributed by atoms with E-state index in [1.807, 2.05) is 19.1 Å². The number of aromatic nitrogens is 2. The van der Waals surface area contributed by atoms with E-state index in [0.717, 1.165) is 29.7 Å². The van der Waals surface area contributed by atoms with Crippen LogP contribution in [0.15, 0.2) is 23.3 Å². The maximum absolute atomic E-state index is 10.3. The van der Waals surface area contributed by atoms with Crippen LogP contribution < -0.4 is 18.9 Å². The number of hydrogen-bond acceptors (Lipinski definition) is 8. The van der Waals surface area contributed by atoms with Gasteiger partial charge in [0.25, 0.3) is 0 Å². The van der Waals surface area contributed by atoms with Crippen molar-refractivity contribution in [2.45, 2.75) is 44.2 Å². The van der Waals surface area contributed by atoms with Crippen LogP contribution in [-0.4, -0.2) is 60.9 Å². The smallest absolute Gasteiger partial charge is 0.319 e. The van der Waals surface area contributed by atoms with Gasteiger partial charge < -0.3 is 24.1 Å². The minimum absolute atomic E-state index is 0. The van der Waals surface area contributed by atoms with E-state index in [1.54, 1.807) is 20.4 Å². The average molecular weight is 450 g/mol. The summed E-state index contributed by atoms with van der Waals surface area (Å²) in [6, 6.07) is 4.26. The van der Waals surface area contributed by atoms with Crippen molar-refractivity contribution in [2.24, 2.45) is 4.99 Å². The van der Waals surface area contributed by atoms with Crippen molar-refractivity contribution < 1.29 is 24.1 Å². The van der Waals surface area contributed by atoms with Crippen LogP contribution in [0, 0.1) is 0 Å². The lowest BCUT2D eigenvalue weighted by atomic mass is 9.74. The van der Waals surface area contributed by atoms with Gasteiger partial charge in [0.05, 0.1) is 51.4 Å². The number of ether oxygens (including phenoxy) is 4. The van der Waals surface area contributed by atoms with Crippen molar-refractivity contribution in [3.63, 3.8) is 0 Å². The van der Waals surface area contributed by atoms with Gasteiger partial charge >= 0.3 is 6.01 Å². The third-order valence-corrected chi connectivity index (χ3v) is 5.73. The van der Waals surface area contributed by atoms with Gasteiger partial charge in [0, 0.05) is 17.7 Å². The molecule has 31 heavy (non-hydrogen) atoms. The second kappa shape index (κ2) is 9.70. The highest BCUT2D eigenvalue weighted by atomic mass is 35.5. The zero-order chi connectivity index (χ0) is 21.3. The Hall–Kier alpha value is -2.58. The second-order valence-corrected chi connectivity index (χ2v) is 7.42. The van der Waals surface area contributed by atoms with Gasteiger partial charge in [-0.3, -0.25) is 4.99 Å². The molecule has 0 saturated heterocycles. The summed E-state index contributed by atoms with van der Waals surface area (Å²) in [4.78, 5) is 13.7. The molecule has 4 rings (SSSR count). The van der Waals surface area contributed by atoms with Gasteiger partial charge in [-0.25, -0.2) is 4.98 Å². The Kier molecular flexibility index (Phi) is 7.23. The normalized spacial score (nSPS) is 21.7. The Labute approximate surface area is 188 Å². The second-order valence-electron chi connectivity index (χ2n) is 7.42. The van der Waals surface area contributed by atoms with Crippen LogP contribution in [0.4, 0.5) is 0 Å². The first-order chi connectivity index (χ1) is 14.6. The summed E-state index contributed by atoms with van der Waals surface area (Å²) in [5.74, 6) is 1.83. The molecule has 1 N–H and O–H groups in total. The first-order valence-corrected chi connectivity index (χ1v) is 10.2. The molecule has 0 radical (unpaired) electrons. The lowest BCUT2D eigenvalue weighted by Gasteiger charge is -2.37. The zero-order valence-corrected chi connectivity index (χ0v) is 18.9. The highest BCUT2D eigenvalue weighted by molar-refractivity contribution is 6.16. The number of rotatable bonds is 6. The van der Waals surface area contributed by atoms with Gasteiger partial charge in [0.2, 0.25) is 5.88 Å². The maximum Gasteiger partial charge on any atom is 0.319 e. The van der Waals surface area contributed by atoms with E-state index in [1.165, 1.54) is 7.11 Å². The number of halogens is 1. The van der Waals surface area contributed by atoms with Gasteiger partial charge in [-0.1, -0.05) is 0 Å². The van der Waals surface area contributed by atoms with Gasteiger partial charge in [-0.15, -0.1) is 12.4 Å². The summed E-state index contributed by atoms with van der Waals surface area (Å²) in [5.41, 5.74) is 3.45. The van der Waals surface area contributed by atoms with Crippen LogP contribution in [0.25, 0.3) is 0 Å². The van der Waals surface area contributed by atoms with Crippen molar-refractivity contribution >= 4 is 18.1 Å². The number of fused-ring (bicyclic) bond motifs is 3. The predicted molar refractivity (Wildman–Crippen MR) is 119 cm³/mol. The Bertz CT molecular complexity index is 968. The van der Waals surface area contributed by atoms with Crippen LogP contribution in [0.5, 0.6) is 23.4 Å². The first kappa shape index (κ1) is 23.1. The Morgan fingerprint density at radius 1 is 1.03 bits per heavy atom. The maximum atomic E-state index is 10.3. The highest BCUT2D eigenvalue weighted by Crippen LogP contribution is 2.45. The molecule has 1 aromatic carbocycles. The Balaban J connectivity index is 0.00000272. The fourth-order valence-electron chi connectivity index (χ4n) is 4.35. The van der Waals surface area contributed by atoms with E-state index < -0.39 is 0 Å². The largest absolute Gasteiger partial charge is 0.493 e. The summed E-state index contributed by atoms with van der Waals surface area (Å²) in [5, 5.41) is 10.3. The molecule has 9 heteroatoms. The van der Waals surface area contributed by atoms with Crippen LogP contribution in [0.2, 0.25) is 0 Å². The molecule has 1 aliphatic heterocycles. The third kappa shape index (κ3) is 4.27. The monoisotopic (exact) mass is 449 g/mol. The molecule has 0 spiro atoms. The summed E-state index contributed by atoms with van der Waals surface area (Å²) in [6.45, 7) is 2.48. The fourth-order valence-corrected chi connectivity index (χ4v) is 4.35. The number of aliphatic imine (C=N–C) groups is 1. The zero-order valence-electron chi connectivity index (χ0n) is 18.1. The molecule has 0 unspecified atom stereocenters. The molecule has 0 bridgehead atoms. The standard InChI is InChI=1S/C22H27N3O5.ClH/c1-5-30-19-9-13-14-8-12(26)6-7-17(14)24-20(15(13)10-18(19)27-2)16-11-23-22(29-4)25-21(16)28-3;/h9-12,14,17,26H,5-8H2,1-4H3;1H/t12-,14-,17-;/m1./s1. The van der Waals surface area contributed by atoms with Crippen molar-refractivity contribution in [3.8, 4) is 23.4 Å². The van der Waals surface area contributed by atoms with E-state index in [4.69, 9.17) is 23.9 Å². The number of benzene rings is 1. The van der Waals surface area contributed by atoms with Crippen molar-refractivity contribution in [2.75, 3.05) is 27.9 Å². The molecule has 1 saturated carbocycles. The lowest BCUT2D eigenvalue weighted by Crippen LogP contribution is -2.34. The van der Waals surface area contributed by atoms with Crippen molar-refractivity contribution in [1.82, 2.24) is 9.97 Å². The SMILES string of the molecule is CCOc1cc2c(cc1OC)C(c1cnc(OC)nc1OC)=N[C@@H]1CC[C@@H](O)C[C@H]21.Cl. The topological polar surface area (TPSA) is 95.3 Å². The van der Waals surface area contributed by atoms with Gasteiger partial charge in [0.1, 0.15) is 0 Å². The summed E-state index contributed by atoms with van der Waals surface area (Å²) >= 11 is 0. The molecule has 2 aromatic rings. The molecule has 3 atom stereocenters. The molecule has 8 nitrogen and oxygen atoms in total. The van der Waals surface area contributed by atoms with E-state index in [2.05, 4.69) is 9.97 Å². The fraction of sp³-hybridized carbons (Fsp3) is 0.500. The van der Waals surface area contributed by atoms with Crippen LogP contribution >= 0.6 is 12.4 Å². The number of hydrogen-bond donors (Lipinski definition) is 1. The number of nitrogens with zero attached hydrogens (tertiary/aromatic N) is 3. The number of aliphatic hydroxyl groups excluding tert-OH is 1. The molecule has 1 aliphatic carbocycles. The number of methoxy groups -OCH3 is 3. The number of aliphatic hydroxyl groups is 1.